The normalized spacial score (nSPS) is 6.83. The van der Waals surface area contributed by atoms with Gasteiger partial charge in [-0.05, 0) is 0 Å². The van der Waals surface area contributed by atoms with Gasteiger partial charge >= 0.3 is 10.5 Å². The van der Waals surface area contributed by atoms with Crippen LogP contribution in [0.15, 0.2) is 12.3 Å². The van der Waals surface area contributed by atoms with Crippen molar-refractivity contribution in [2.24, 2.45) is 0 Å². The Kier molecular flexibility index (Phi) is 2.40. The fourth-order valence-corrected chi connectivity index (χ4v) is 0.0722. The van der Waals surface area contributed by atoms with Gasteiger partial charge in [0.05, 0.1) is 0 Å². The zero-order valence-electron chi connectivity index (χ0n) is 3.10. The van der Waals surface area contributed by atoms with E-state index < -0.39 is 0 Å². The minimum Gasteiger partial charge on any atom is -0.539 e. The zero-order chi connectivity index (χ0) is 4.99. The van der Waals surface area contributed by atoms with E-state index in [1.54, 1.807) is 0 Å². The third-order valence-corrected chi connectivity index (χ3v) is 0.525. The van der Waals surface area contributed by atoms with Crippen LogP contribution in [-0.4, -0.2) is 16.8 Å². The van der Waals surface area contributed by atoms with Crippen LogP contribution in [0.5, 0.6) is 0 Å². The molecule has 0 saturated carbocycles. The SMILES string of the molecule is C=C(C=O)O[Si]. The third-order valence-electron chi connectivity index (χ3n) is 0.263. The first-order chi connectivity index (χ1) is 2.81. The molecule has 6 heavy (non-hydrogen) atoms. The van der Waals surface area contributed by atoms with Gasteiger partial charge in [-0.3, -0.25) is 4.79 Å². The van der Waals surface area contributed by atoms with E-state index in [-0.39, 0.29) is 5.76 Å². The van der Waals surface area contributed by atoms with Crippen LogP contribution < -0.4 is 0 Å². The molecule has 0 heterocycles. The zero-order valence-corrected chi connectivity index (χ0v) is 4.10. The second-order valence-electron chi connectivity index (χ2n) is 0.686. The molecular formula is C3H3O2Si. The summed E-state index contributed by atoms with van der Waals surface area (Å²) < 4.78 is 4.14. The second-order valence-corrected chi connectivity index (χ2v) is 0.890. The van der Waals surface area contributed by atoms with Crippen LogP contribution in [0.3, 0.4) is 0 Å². The molecule has 0 spiro atoms. The fraction of sp³-hybridized carbons (Fsp3) is 0. The number of allylic oxidation sites excluding steroid dienone is 1. The van der Waals surface area contributed by atoms with Gasteiger partial charge in [-0.25, -0.2) is 0 Å². The van der Waals surface area contributed by atoms with E-state index in [0.29, 0.717) is 6.29 Å². The van der Waals surface area contributed by atoms with Crippen LogP contribution in [-0.2, 0) is 9.22 Å². The van der Waals surface area contributed by atoms with E-state index >= 15 is 0 Å². The van der Waals surface area contributed by atoms with Crippen molar-refractivity contribution >= 4 is 16.8 Å². The van der Waals surface area contributed by atoms with Crippen molar-refractivity contribution in [1.29, 1.82) is 0 Å². The first-order valence-corrected chi connectivity index (χ1v) is 1.69. The molecule has 0 bridgehead atoms. The predicted molar refractivity (Wildman–Crippen MR) is 22.0 cm³/mol. The summed E-state index contributed by atoms with van der Waals surface area (Å²) >= 11 is 0. The Balaban J connectivity index is 3.23. The maximum absolute atomic E-state index is 9.48. The highest BCUT2D eigenvalue weighted by Gasteiger charge is 1.77. The summed E-state index contributed by atoms with van der Waals surface area (Å²) in [5.41, 5.74) is 0. The lowest BCUT2D eigenvalue weighted by Crippen LogP contribution is -1.83. The number of rotatable bonds is 2. The Morgan fingerprint density at radius 1 is 2.00 bits per heavy atom. The van der Waals surface area contributed by atoms with E-state index in [9.17, 15) is 4.79 Å². The molecule has 3 radical (unpaired) electrons. The monoisotopic (exact) mass is 99.0 g/mol. The molecule has 31 valence electrons. The quantitative estimate of drug-likeness (QED) is 0.207. The van der Waals surface area contributed by atoms with Gasteiger partial charge in [0.25, 0.3) is 0 Å². The molecule has 0 unspecified atom stereocenters. The summed E-state index contributed by atoms with van der Waals surface area (Å²) in [6.07, 6.45) is 0.507. The molecule has 0 fully saturated rings. The molecule has 0 atom stereocenters. The molecule has 0 aliphatic heterocycles. The van der Waals surface area contributed by atoms with Gasteiger partial charge in [0.2, 0.25) is 0 Å². The first kappa shape index (κ1) is 5.43. The highest BCUT2D eigenvalue weighted by Crippen LogP contribution is 1.76. The van der Waals surface area contributed by atoms with Crippen LogP contribution in [0, 0.1) is 0 Å². The van der Waals surface area contributed by atoms with Crippen molar-refractivity contribution in [3.63, 3.8) is 0 Å². The smallest absolute Gasteiger partial charge is 0.341 e. The average molecular weight is 99.1 g/mol. The summed E-state index contributed by atoms with van der Waals surface area (Å²) in [5.74, 6) is 0.0756. The van der Waals surface area contributed by atoms with Crippen LogP contribution in [0.25, 0.3) is 0 Å². The predicted octanol–water partition coefficient (Wildman–Crippen LogP) is -0.201. The summed E-state index contributed by atoms with van der Waals surface area (Å²) in [5, 5.41) is 0. The van der Waals surface area contributed by atoms with Gasteiger partial charge in [-0.2, -0.15) is 0 Å². The molecule has 0 rings (SSSR count). The lowest BCUT2D eigenvalue weighted by molar-refractivity contribution is -0.106. The van der Waals surface area contributed by atoms with Crippen molar-refractivity contribution in [3.8, 4) is 0 Å². The average Bonchev–Trinajstić information content (AvgIpc) is 1.65. The molecule has 0 N–H and O–H groups in total. The Bertz CT molecular complexity index is 69.2. The molecule has 0 aromatic rings. The van der Waals surface area contributed by atoms with E-state index in [4.69, 9.17) is 0 Å². The molecule has 0 aromatic heterocycles. The molecular weight excluding hydrogens is 96.1 g/mol. The second kappa shape index (κ2) is 2.65. The van der Waals surface area contributed by atoms with Gasteiger partial charge in [-0.1, -0.05) is 6.58 Å². The van der Waals surface area contributed by atoms with Crippen LogP contribution in [0.4, 0.5) is 0 Å². The van der Waals surface area contributed by atoms with Gasteiger partial charge in [-0.15, -0.1) is 0 Å². The van der Waals surface area contributed by atoms with Gasteiger partial charge in [0.1, 0.15) is 5.76 Å². The maximum atomic E-state index is 9.48. The van der Waals surface area contributed by atoms with Crippen molar-refractivity contribution in [3.05, 3.63) is 12.3 Å². The number of aldehydes is 1. The Labute approximate surface area is 39.3 Å². The van der Waals surface area contributed by atoms with Crippen molar-refractivity contribution < 1.29 is 9.22 Å². The van der Waals surface area contributed by atoms with Gasteiger partial charge in [0, 0.05) is 0 Å². The summed E-state index contributed by atoms with van der Waals surface area (Å²) in [6, 6.07) is 0. The summed E-state index contributed by atoms with van der Waals surface area (Å²) in [6.45, 7) is 3.15. The highest BCUT2D eigenvalue weighted by molar-refractivity contribution is 6.00. The summed E-state index contributed by atoms with van der Waals surface area (Å²) in [7, 11) is 2.59. The number of hydrogen-bond acceptors (Lipinski definition) is 2. The Morgan fingerprint density at radius 3 is 2.50 bits per heavy atom. The summed E-state index contributed by atoms with van der Waals surface area (Å²) in [4.78, 5) is 9.48. The van der Waals surface area contributed by atoms with E-state index in [0.717, 1.165) is 0 Å². The van der Waals surface area contributed by atoms with Crippen molar-refractivity contribution in [2.45, 2.75) is 0 Å². The molecule has 3 heteroatoms. The molecule has 0 amide bonds. The van der Waals surface area contributed by atoms with E-state index in [2.05, 4.69) is 21.5 Å². The van der Waals surface area contributed by atoms with Gasteiger partial charge < -0.3 is 4.43 Å². The topological polar surface area (TPSA) is 26.3 Å². The van der Waals surface area contributed by atoms with E-state index in [1.165, 1.54) is 0 Å². The minimum atomic E-state index is 0.0756. The lowest BCUT2D eigenvalue weighted by Gasteiger charge is -1.86. The first-order valence-electron chi connectivity index (χ1n) is 1.29. The van der Waals surface area contributed by atoms with Gasteiger partial charge in [0.15, 0.2) is 6.29 Å². The standard InChI is InChI=1S/C3H3O2Si/c1-3(2-4)5-6/h2H,1H2. The van der Waals surface area contributed by atoms with Crippen LogP contribution >= 0.6 is 0 Å². The number of carbonyl (C=O) groups excluding carboxylic acids is 1. The molecule has 0 saturated heterocycles. The van der Waals surface area contributed by atoms with Crippen LogP contribution in [0.2, 0.25) is 0 Å². The molecule has 0 aromatic carbocycles. The largest absolute Gasteiger partial charge is 0.539 e. The molecule has 2 nitrogen and oxygen atoms in total. The van der Waals surface area contributed by atoms with Crippen molar-refractivity contribution in [1.82, 2.24) is 0 Å². The maximum Gasteiger partial charge on any atom is 0.341 e. The third kappa shape index (κ3) is 1.72. The Hall–Kier alpha value is -0.573. The van der Waals surface area contributed by atoms with Crippen LogP contribution in [0.1, 0.15) is 0 Å². The fourth-order valence-electron chi connectivity index (χ4n) is 0.0241. The minimum absolute atomic E-state index is 0.0756. The van der Waals surface area contributed by atoms with E-state index in [1.807, 2.05) is 0 Å². The lowest BCUT2D eigenvalue weighted by atomic mass is 10.7. The number of carbonyl (C=O) groups is 1. The highest BCUT2D eigenvalue weighted by atomic mass is 28.2. The molecule has 0 aliphatic carbocycles. The Morgan fingerprint density at radius 2 is 2.50 bits per heavy atom. The molecule has 0 aliphatic rings. The van der Waals surface area contributed by atoms with Crippen molar-refractivity contribution in [2.75, 3.05) is 0 Å². The number of hydrogen-bond donors (Lipinski definition) is 0.